The molecule has 1 N–H and O–H groups in total. The highest BCUT2D eigenvalue weighted by molar-refractivity contribution is 8.00. The van der Waals surface area contributed by atoms with Crippen LogP contribution in [-0.2, 0) is 4.79 Å². The number of ether oxygens (including phenoxy) is 2. The van der Waals surface area contributed by atoms with Gasteiger partial charge in [0.05, 0.1) is 5.25 Å². The van der Waals surface area contributed by atoms with E-state index in [2.05, 4.69) is 15.5 Å². The van der Waals surface area contributed by atoms with Gasteiger partial charge in [0.2, 0.25) is 12.7 Å². The van der Waals surface area contributed by atoms with Gasteiger partial charge in [-0.2, -0.15) is 0 Å². The molecule has 4 rings (SSSR count). The number of anilines is 1. The lowest BCUT2D eigenvalue weighted by Crippen LogP contribution is -2.22. The maximum absolute atomic E-state index is 12.5. The van der Waals surface area contributed by atoms with E-state index in [1.54, 1.807) is 24.5 Å². The number of thioether (sulfide) groups is 1. The number of amides is 1. The minimum absolute atomic E-state index is 0.128. The summed E-state index contributed by atoms with van der Waals surface area (Å²) >= 11 is 1.35. The van der Waals surface area contributed by atoms with Crippen LogP contribution in [0.5, 0.6) is 11.5 Å². The Morgan fingerprint density at radius 1 is 1.19 bits per heavy atom. The summed E-state index contributed by atoms with van der Waals surface area (Å²) < 4.78 is 12.5. The van der Waals surface area contributed by atoms with E-state index in [0.29, 0.717) is 22.3 Å². The maximum Gasteiger partial charge on any atom is 0.237 e. The molecule has 7 nitrogen and oxygen atoms in total. The molecule has 0 bridgehead atoms. The van der Waals surface area contributed by atoms with Gasteiger partial charge in [0, 0.05) is 17.4 Å². The Hall–Kier alpha value is -3.00. The minimum atomic E-state index is -0.355. The van der Waals surface area contributed by atoms with Gasteiger partial charge in [0.25, 0.3) is 0 Å². The molecule has 2 heterocycles. The molecule has 26 heavy (non-hydrogen) atoms. The van der Waals surface area contributed by atoms with Crippen molar-refractivity contribution >= 4 is 23.4 Å². The number of aromatic nitrogens is 3. The van der Waals surface area contributed by atoms with Gasteiger partial charge in [-0.1, -0.05) is 30.0 Å². The Labute approximate surface area is 154 Å². The van der Waals surface area contributed by atoms with Crippen molar-refractivity contribution in [3.63, 3.8) is 0 Å². The molecule has 0 aliphatic carbocycles. The quantitative estimate of drug-likeness (QED) is 0.697. The van der Waals surface area contributed by atoms with E-state index in [-0.39, 0.29) is 18.0 Å². The number of rotatable bonds is 5. The number of fused-ring (bicyclic) bond motifs is 1. The molecule has 1 aliphatic heterocycles. The number of benzene rings is 2. The zero-order chi connectivity index (χ0) is 17.9. The van der Waals surface area contributed by atoms with Crippen molar-refractivity contribution in [3.05, 3.63) is 54.9 Å². The Kier molecular flexibility index (Phi) is 4.49. The molecule has 2 aromatic carbocycles. The fraction of sp³-hybridized carbons (Fsp3) is 0.167. The van der Waals surface area contributed by atoms with Crippen molar-refractivity contribution in [2.45, 2.75) is 17.3 Å². The van der Waals surface area contributed by atoms with Gasteiger partial charge in [0.1, 0.15) is 6.33 Å². The van der Waals surface area contributed by atoms with Crippen LogP contribution in [0.3, 0.4) is 0 Å². The van der Waals surface area contributed by atoms with Gasteiger partial charge >= 0.3 is 0 Å². The average molecular weight is 368 g/mol. The van der Waals surface area contributed by atoms with Crippen LogP contribution >= 0.6 is 11.8 Å². The smallest absolute Gasteiger partial charge is 0.237 e. The predicted octanol–water partition coefficient (Wildman–Crippen LogP) is 3.12. The average Bonchev–Trinajstić information content (AvgIpc) is 3.31. The summed E-state index contributed by atoms with van der Waals surface area (Å²) in [4.78, 5) is 12.5. The molecule has 0 fully saturated rings. The van der Waals surface area contributed by atoms with Crippen LogP contribution in [0.25, 0.3) is 5.69 Å². The normalized spacial score (nSPS) is 13.4. The van der Waals surface area contributed by atoms with Gasteiger partial charge in [-0.05, 0) is 31.2 Å². The van der Waals surface area contributed by atoms with Crippen LogP contribution in [0.15, 0.2) is 60.0 Å². The Bertz CT molecular complexity index is 929. The lowest BCUT2D eigenvalue weighted by atomic mass is 10.2. The Morgan fingerprint density at radius 2 is 2.00 bits per heavy atom. The first-order chi connectivity index (χ1) is 12.7. The number of nitrogens with zero attached hydrogens (tertiary/aromatic N) is 3. The third-order valence-electron chi connectivity index (χ3n) is 3.84. The van der Waals surface area contributed by atoms with Crippen LogP contribution in [0.2, 0.25) is 0 Å². The molecular formula is C18H16N4O3S. The zero-order valence-corrected chi connectivity index (χ0v) is 14.8. The van der Waals surface area contributed by atoms with Crippen LogP contribution in [-0.4, -0.2) is 32.7 Å². The highest BCUT2D eigenvalue weighted by Crippen LogP contribution is 2.34. The van der Waals surface area contributed by atoms with Crippen molar-refractivity contribution in [1.29, 1.82) is 0 Å². The Morgan fingerprint density at radius 3 is 2.85 bits per heavy atom. The lowest BCUT2D eigenvalue weighted by molar-refractivity contribution is -0.115. The van der Waals surface area contributed by atoms with Crippen molar-refractivity contribution in [2.24, 2.45) is 0 Å². The predicted molar refractivity (Wildman–Crippen MR) is 97.9 cm³/mol. The molecule has 1 atom stereocenters. The van der Waals surface area contributed by atoms with E-state index >= 15 is 0 Å². The monoisotopic (exact) mass is 368 g/mol. The van der Waals surface area contributed by atoms with Crippen molar-refractivity contribution in [1.82, 2.24) is 14.8 Å². The van der Waals surface area contributed by atoms with Crippen molar-refractivity contribution in [3.8, 4) is 17.2 Å². The molecule has 0 saturated carbocycles. The molecule has 1 aliphatic rings. The number of nitrogens with one attached hydrogen (secondary N) is 1. The first-order valence-electron chi connectivity index (χ1n) is 8.03. The highest BCUT2D eigenvalue weighted by Gasteiger charge is 2.20. The molecule has 1 aromatic heterocycles. The molecule has 0 saturated heterocycles. The molecule has 0 radical (unpaired) electrons. The van der Waals surface area contributed by atoms with Gasteiger partial charge in [0.15, 0.2) is 16.7 Å². The van der Waals surface area contributed by atoms with E-state index < -0.39 is 0 Å². The second-order valence-corrected chi connectivity index (χ2v) is 6.94. The summed E-state index contributed by atoms with van der Waals surface area (Å²) in [7, 11) is 0. The molecule has 3 aromatic rings. The maximum atomic E-state index is 12.5. The number of hydrogen-bond donors (Lipinski definition) is 1. The van der Waals surface area contributed by atoms with Crippen molar-refractivity contribution < 1.29 is 14.3 Å². The number of para-hydroxylation sites is 1. The van der Waals surface area contributed by atoms with Crippen LogP contribution in [0, 0.1) is 0 Å². The van der Waals surface area contributed by atoms with E-state index in [9.17, 15) is 4.79 Å². The van der Waals surface area contributed by atoms with Gasteiger partial charge in [-0.15, -0.1) is 10.2 Å². The number of carbonyl (C=O) groups excluding carboxylic acids is 1. The molecule has 8 heteroatoms. The topological polar surface area (TPSA) is 78.3 Å². The van der Waals surface area contributed by atoms with Gasteiger partial charge < -0.3 is 14.8 Å². The van der Waals surface area contributed by atoms with Crippen LogP contribution in [0.4, 0.5) is 5.69 Å². The third-order valence-corrected chi connectivity index (χ3v) is 4.90. The fourth-order valence-corrected chi connectivity index (χ4v) is 3.34. The first kappa shape index (κ1) is 16.5. The minimum Gasteiger partial charge on any atom is -0.454 e. The summed E-state index contributed by atoms with van der Waals surface area (Å²) in [6.07, 6.45) is 1.64. The van der Waals surface area contributed by atoms with Crippen LogP contribution < -0.4 is 14.8 Å². The zero-order valence-electron chi connectivity index (χ0n) is 14.0. The summed E-state index contributed by atoms with van der Waals surface area (Å²) in [6.45, 7) is 2.03. The molecule has 0 unspecified atom stereocenters. The highest BCUT2D eigenvalue weighted by atomic mass is 32.2. The number of hydrogen-bond acceptors (Lipinski definition) is 6. The second kappa shape index (κ2) is 7.09. The summed E-state index contributed by atoms with van der Waals surface area (Å²) in [6, 6.07) is 15.1. The van der Waals surface area contributed by atoms with Crippen LogP contribution in [0.1, 0.15) is 6.92 Å². The Balaban J connectivity index is 1.45. The summed E-state index contributed by atoms with van der Waals surface area (Å²) in [5.41, 5.74) is 1.61. The first-order valence-corrected chi connectivity index (χ1v) is 8.91. The molecule has 1 amide bonds. The lowest BCUT2D eigenvalue weighted by Gasteiger charge is -2.12. The third kappa shape index (κ3) is 3.36. The number of carbonyl (C=O) groups is 1. The molecular weight excluding hydrogens is 352 g/mol. The SMILES string of the molecule is C[C@@H](Sc1nncn1-c1ccccc1)C(=O)Nc1ccc2c(c1)OCO2. The van der Waals surface area contributed by atoms with E-state index in [1.807, 2.05) is 41.8 Å². The molecule has 132 valence electrons. The summed E-state index contributed by atoms with van der Waals surface area (Å²) in [5.74, 6) is 1.18. The van der Waals surface area contributed by atoms with E-state index in [0.717, 1.165) is 5.69 Å². The fourth-order valence-electron chi connectivity index (χ4n) is 2.50. The largest absolute Gasteiger partial charge is 0.454 e. The standard InChI is InChI=1S/C18H16N4O3S/c1-12(17(23)20-13-7-8-15-16(9-13)25-11-24-15)26-18-21-19-10-22(18)14-5-3-2-4-6-14/h2-10,12H,11H2,1H3,(H,20,23)/t12-/m1/s1. The van der Waals surface area contributed by atoms with E-state index in [4.69, 9.17) is 9.47 Å². The molecule has 0 spiro atoms. The summed E-state index contributed by atoms with van der Waals surface area (Å²) in [5, 5.41) is 11.3. The van der Waals surface area contributed by atoms with Crippen molar-refractivity contribution in [2.75, 3.05) is 12.1 Å². The second-order valence-electron chi connectivity index (χ2n) is 5.64. The van der Waals surface area contributed by atoms with Gasteiger partial charge in [-0.25, -0.2) is 0 Å². The van der Waals surface area contributed by atoms with Gasteiger partial charge in [-0.3, -0.25) is 9.36 Å². The van der Waals surface area contributed by atoms with E-state index in [1.165, 1.54) is 11.8 Å².